The standard InChI is InChI=1S/C6H15NO2/c1-6(8)7(2)4-5-9-3/h6,8H,4-5H2,1-3H3. The Bertz CT molecular complexity index is 66.1. The molecule has 0 saturated heterocycles. The second-order valence-electron chi connectivity index (χ2n) is 2.11. The van der Waals surface area contributed by atoms with Gasteiger partial charge in [-0.05, 0) is 14.0 Å². The van der Waals surface area contributed by atoms with Gasteiger partial charge in [0.1, 0.15) is 6.23 Å². The molecule has 1 unspecified atom stereocenters. The van der Waals surface area contributed by atoms with Crippen molar-refractivity contribution in [3.8, 4) is 0 Å². The summed E-state index contributed by atoms with van der Waals surface area (Å²) in [5.74, 6) is 0. The van der Waals surface area contributed by atoms with E-state index in [1.807, 2.05) is 11.9 Å². The molecular weight excluding hydrogens is 118 g/mol. The summed E-state index contributed by atoms with van der Waals surface area (Å²) in [7, 11) is 3.50. The normalized spacial score (nSPS) is 14.3. The zero-order valence-corrected chi connectivity index (χ0v) is 6.29. The zero-order chi connectivity index (χ0) is 7.28. The lowest BCUT2D eigenvalue weighted by Gasteiger charge is -2.18. The Labute approximate surface area is 56.2 Å². The highest BCUT2D eigenvalue weighted by molar-refractivity contribution is 4.48. The molecule has 0 aliphatic heterocycles. The van der Waals surface area contributed by atoms with Gasteiger partial charge < -0.3 is 9.84 Å². The van der Waals surface area contributed by atoms with E-state index >= 15 is 0 Å². The van der Waals surface area contributed by atoms with Crippen LogP contribution in [0.15, 0.2) is 0 Å². The second kappa shape index (κ2) is 4.73. The molecule has 0 bridgehead atoms. The van der Waals surface area contributed by atoms with Crippen LogP contribution in [-0.2, 0) is 4.74 Å². The van der Waals surface area contributed by atoms with Crippen molar-refractivity contribution in [3.05, 3.63) is 0 Å². The Morgan fingerprint density at radius 3 is 2.56 bits per heavy atom. The molecule has 0 fully saturated rings. The van der Waals surface area contributed by atoms with E-state index < -0.39 is 0 Å². The van der Waals surface area contributed by atoms with Gasteiger partial charge in [0.05, 0.1) is 6.61 Å². The largest absolute Gasteiger partial charge is 0.383 e. The number of methoxy groups -OCH3 is 1. The molecule has 0 saturated carbocycles. The van der Waals surface area contributed by atoms with E-state index in [-0.39, 0.29) is 6.23 Å². The fourth-order valence-electron chi connectivity index (χ4n) is 0.422. The van der Waals surface area contributed by atoms with Gasteiger partial charge in [-0.3, -0.25) is 4.90 Å². The van der Waals surface area contributed by atoms with Crippen LogP contribution >= 0.6 is 0 Å². The third-order valence-electron chi connectivity index (χ3n) is 1.29. The molecule has 0 aromatic carbocycles. The molecule has 0 rings (SSSR count). The third-order valence-corrected chi connectivity index (χ3v) is 1.29. The van der Waals surface area contributed by atoms with E-state index in [1.54, 1.807) is 14.0 Å². The predicted molar refractivity (Wildman–Crippen MR) is 36.2 cm³/mol. The molecule has 0 aromatic rings. The molecular formula is C6H15NO2. The molecule has 9 heavy (non-hydrogen) atoms. The fraction of sp³-hybridized carbons (Fsp3) is 1.00. The van der Waals surface area contributed by atoms with Crippen molar-refractivity contribution in [2.75, 3.05) is 27.3 Å². The number of aliphatic hydroxyl groups excluding tert-OH is 1. The zero-order valence-electron chi connectivity index (χ0n) is 6.29. The summed E-state index contributed by atoms with van der Waals surface area (Å²) in [5.41, 5.74) is 0. The number of hydrogen-bond donors (Lipinski definition) is 1. The molecule has 1 N–H and O–H groups in total. The second-order valence-corrected chi connectivity index (χ2v) is 2.11. The number of hydrogen-bond acceptors (Lipinski definition) is 3. The SMILES string of the molecule is COCCN(C)C(C)O. The smallest absolute Gasteiger partial charge is 0.104 e. The highest BCUT2D eigenvalue weighted by Gasteiger charge is 2.01. The van der Waals surface area contributed by atoms with Gasteiger partial charge >= 0.3 is 0 Å². The molecule has 0 spiro atoms. The molecule has 3 heteroatoms. The van der Waals surface area contributed by atoms with Crippen molar-refractivity contribution in [3.63, 3.8) is 0 Å². The number of rotatable bonds is 4. The maximum absolute atomic E-state index is 8.92. The Morgan fingerprint density at radius 1 is 1.67 bits per heavy atom. The molecule has 0 amide bonds. The van der Waals surface area contributed by atoms with E-state index in [9.17, 15) is 0 Å². The Morgan fingerprint density at radius 2 is 2.22 bits per heavy atom. The van der Waals surface area contributed by atoms with E-state index in [4.69, 9.17) is 9.84 Å². The molecule has 0 heterocycles. The van der Waals surface area contributed by atoms with Crippen LogP contribution in [0.4, 0.5) is 0 Å². The minimum atomic E-state index is -0.375. The van der Waals surface area contributed by atoms with Crippen LogP contribution in [0, 0.1) is 0 Å². The monoisotopic (exact) mass is 133 g/mol. The van der Waals surface area contributed by atoms with Crippen molar-refractivity contribution in [2.45, 2.75) is 13.2 Å². The molecule has 3 nitrogen and oxygen atoms in total. The average Bonchev–Trinajstić information content (AvgIpc) is 1.82. The van der Waals surface area contributed by atoms with Gasteiger partial charge in [-0.2, -0.15) is 0 Å². The quantitative estimate of drug-likeness (QED) is 0.544. The average molecular weight is 133 g/mol. The number of likely N-dealkylation sites (N-methyl/N-ethyl adjacent to an activating group) is 1. The van der Waals surface area contributed by atoms with Crippen LogP contribution in [0.5, 0.6) is 0 Å². The Kier molecular flexibility index (Phi) is 4.67. The summed E-state index contributed by atoms with van der Waals surface area (Å²) < 4.78 is 4.81. The highest BCUT2D eigenvalue weighted by atomic mass is 16.5. The number of nitrogens with zero attached hydrogens (tertiary/aromatic N) is 1. The van der Waals surface area contributed by atoms with Crippen molar-refractivity contribution >= 4 is 0 Å². The summed E-state index contributed by atoms with van der Waals surface area (Å²) in [6.07, 6.45) is -0.375. The first-order valence-electron chi connectivity index (χ1n) is 3.05. The topological polar surface area (TPSA) is 32.7 Å². The molecule has 0 aliphatic rings. The Balaban J connectivity index is 3.16. The first-order valence-corrected chi connectivity index (χ1v) is 3.05. The first-order chi connectivity index (χ1) is 4.18. The van der Waals surface area contributed by atoms with Crippen molar-refractivity contribution in [1.82, 2.24) is 4.90 Å². The van der Waals surface area contributed by atoms with Gasteiger partial charge in [-0.25, -0.2) is 0 Å². The molecule has 0 aromatic heterocycles. The van der Waals surface area contributed by atoms with Crippen LogP contribution in [0.25, 0.3) is 0 Å². The highest BCUT2D eigenvalue weighted by Crippen LogP contribution is 1.87. The van der Waals surface area contributed by atoms with Crippen molar-refractivity contribution in [2.24, 2.45) is 0 Å². The summed E-state index contributed by atoms with van der Waals surface area (Å²) in [4.78, 5) is 1.81. The van der Waals surface area contributed by atoms with Crippen LogP contribution in [0.1, 0.15) is 6.92 Å². The summed E-state index contributed by atoms with van der Waals surface area (Å²) in [5, 5.41) is 8.92. The van der Waals surface area contributed by atoms with E-state index in [1.165, 1.54) is 0 Å². The molecule has 1 atom stereocenters. The summed E-state index contributed by atoms with van der Waals surface area (Å²) in [6.45, 7) is 3.17. The molecule has 0 aliphatic carbocycles. The Hall–Kier alpha value is -0.120. The van der Waals surface area contributed by atoms with Gasteiger partial charge in [0.2, 0.25) is 0 Å². The minimum Gasteiger partial charge on any atom is -0.383 e. The lowest BCUT2D eigenvalue weighted by molar-refractivity contribution is 0.0220. The fourth-order valence-corrected chi connectivity index (χ4v) is 0.422. The lowest BCUT2D eigenvalue weighted by atomic mass is 10.5. The van der Waals surface area contributed by atoms with Gasteiger partial charge in [-0.1, -0.05) is 0 Å². The van der Waals surface area contributed by atoms with Crippen molar-refractivity contribution < 1.29 is 9.84 Å². The molecule has 56 valence electrons. The minimum absolute atomic E-state index is 0.375. The molecule has 0 radical (unpaired) electrons. The van der Waals surface area contributed by atoms with Crippen LogP contribution in [0.3, 0.4) is 0 Å². The van der Waals surface area contributed by atoms with Crippen molar-refractivity contribution in [1.29, 1.82) is 0 Å². The maximum Gasteiger partial charge on any atom is 0.104 e. The van der Waals surface area contributed by atoms with Gasteiger partial charge in [0.15, 0.2) is 0 Å². The van der Waals surface area contributed by atoms with E-state index in [0.29, 0.717) is 6.61 Å². The summed E-state index contributed by atoms with van der Waals surface area (Å²) in [6, 6.07) is 0. The third kappa shape index (κ3) is 4.39. The van der Waals surface area contributed by atoms with E-state index in [0.717, 1.165) is 6.54 Å². The number of ether oxygens (including phenoxy) is 1. The van der Waals surface area contributed by atoms with Gasteiger partial charge in [0.25, 0.3) is 0 Å². The van der Waals surface area contributed by atoms with Crippen LogP contribution < -0.4 is 0 Å². The summed E-state index contributed by atoms with van der Waals surface area (Å²) >= 11 is 0. The lowest BCUT2D eigenvalue weighted by Crippen LogP contribution is -2.31. The maximum atomic E-state index is 8.92. The van der Waals surface area contributed by atoms with Crippen LogP contribution in [-0.4, -0.2) is 43.5 Å². The first kappa shape index (κ1) is 8.88. The van der Waals surface area contributed by atoms with Gasteiger partial charge in [0, 0.05) is 13.7 Å². The number of aliphatic hydroxyl groups is 1. The van der Waals surface area contributed by atoms with Crippen LogP contribution in [0.2, 0.25) is 0 Å². The van der Waals surface area contributed by atoms with Gasteiger partial charge in [-0.15, -0.1) is 0 Å². The van der Waals surface area contributed by atoms with E-state index in [2.05, 4.69) is 0 Å². The predicted octanol–water partition coefficient (Wildman–Crippen LogP) is -0.0971.